The van der Waals surface area contributed by atoms with Gasteiger partial charge in [0.15, 0.2) is 0 Å². The molecule has 2 rings (SSSR count). The first-order valence-corrected chi connectivity index (χ1v) is 5.04. The highest BCUT2D eigenvalue weighted by atomic mass is 16.3. The number of hydrogen-bond acceptors (Lipinski definition) is 1. The maximum absolute atomic E-state index is 10.1. The van der Waals surface area contributed by atoms with E-state index >= 15 is 0 Å². The molecule has 2 bridgehead atoms. The molecule has 2 aliphatic rings. The summed E-state index contributed by atoms with van der Waals surface area (Å²) in [7, 11) is 0. The second-order valence-electron chi connectivity index (χ2n) is 4.60. The molecule has 0 spiro atoms. The van der Waals surface area contributed by atoms with Crippen molar-refractivity contribution in [3.8, 4) is 0 Å². The quantitative estimate of drug-likeness (QED) is 0.624. The summed E-state index contributed by atoms with van der Waals surface area (Å²) in [6.07, 6.45) is 8.02. The van der Waals surface area contributed by atoms with Gasteiger partial charge in [0.25, 0.3) is 0 Å². The molecule has 0 radical (unpaired) electrons. The number of hydrogen-bond donors (Lipinski definition) is 1. The first-order chi connectivity index (χ1) is 5.63. The third kappa shape index (κ3) is 1.11. The van der Waals surface area contributed by atoms with Crippen molar-refractivity contribution in [2.24, 2.45) is 17.8 Å². The molecule has 1 fully saturated rings. The van der Waals surface area contributed by atoms with Crippen molar-refractivity contribution in [2.45, 2.75) is 38.7 Å². The Kier molecular flexibility index (Phi) is 1.80. The Hall–Kier alpha value is -0.300. The lowest BCUT2D eigenvalue weighted by molar-refractivity contribution is -0.0151. The van der Waals surface area contributed by atoms with Gasteiger partial charge in [0, 0.05) is 0 Å². The molecule has 4 unspecified atom stereocenters. The van der Waals surface area contributed by atoms with Gasteiger partial charge in [0.1, 0.15) is 0 Å². The van der Waals surface area contributed by atoms with E-state index in [9.17, 15) is 5.11 Å². The summed E-state index contributed by atoms with van der Waals surface area (Å²) in [6.45, 7) is 4.07. The fourth-order valence-corrected chi connectivity index (χ4v) is 2.76. The molecule has 0 aliphatic heterocycles. The van der Waals surface area contributed by atoms with E-state index in [1.54, 1.807) is 0 Å². The predicted molar refractivity (Wildman–Crippen MR) is 49.8 cm³/mol. The molecule has 1 heteroatoms. The second kappa shape index (κ2) is 2.59. The molecule has 0 heterocycles. The highest BCUT2D eigenvalue weighted by Crippen LogP contribution is 2.48. The minimum Gasteiger partial charge on any atom is -0.390 e. The van der Waals surface area contributed by atoms with E-state index in [1.165, 1.54) is 12.8 Å². The lowest BCUT2D eigenvalue weighted by Crippen LogP contribution is -2.36. The molecule has 0 aromatic rings. The third-order valence-corrected chi connectivity index (χ3v) is 3.79. The van der Waals surface area contributed by atoms with Crippen molar-refractivity contribution in [3.63, 3.8) is 0 Å². The summed E-state index contributed by atoms with van der Waals surface area (Å²) in [5.74, 6) is 1.97. The monoisotopic (exact) mass is 166 g/mol. The van der Waals surface area contributed by atoms with E-state index < -0.39 is 5.60 Å². The average Bonchev–Trinajstić information content (AvgIpc) is 2.64. The van der Waals surface area contributed by atoms with Crippen LogP contribution in [0.3, 0.4) is 0 Å². The van der Waals surface area contributed by atoms with Crippen LogP contribution in [0.2, 0.25) is 0 Å². The van der Waals surface area contributed by atoms with Gasteiger partial charge in [-0.2, -0.15) is 0 Å². The molecule has 0 aromatic carbocycles. The molecule has 1 saturated carbocycles. The molecular weight excluding hydrogens is 148 g/mol. The second-order valence-corrected chi connectivity index (χ2v) is 4.60. The molecule has 0 saturated heterocycles. The van der Waals surface area contributed by atoms with Gasteiger partial charge in [-0.15, -0.1) is 0 Å². The molecule has 1 N–H and O–H groups in total. The van der Waals surface area contributed by atoms with Crippen molar-refractivity contribution >= 4 is 0 Å². The Labute approximate surface area is 74.5 Å². The van der Waals surface area contributed by atoms with Crippen LogP contribution in [0.4, 0.5) is 0 Å². The van der Waals surface area contributed by atoms with Gasteiger partial charge in [-0.05, 0) is 43.9 Å². The topological polar surface area (TPSA) is 20.2 Å². The number of rotatable bonds is 2. The van der Waals surface area contributed by atoms with Crippen molar-refractivity contribution in [2.75, 3.05) is 0 Å². The van der Waals surface area contributed by atoms with E-state index in [2.05, 4.69) is 19.1 Å². The fourth-order valence-electron chi connectivity index (χ4n) is 2.76. The predicted octanol–water partition coefficient (Wildman–Crippen LogP) is 2.36. The minimum absolute atomic E-state index is 0.426. The highest BCUT2D eigenvalue weighted by Gasteiger charge is 2.44. The Morgan fingerprint density at radius 2 is 2.17 bits per heavy atom. The van der Waals surface area contributed by atoms with Crippen LogP contribution in [-0.2, 0) is 0 Å². The van der Waals surface area contributed by atoms with Gasteiger partial charge in [-0.1, -0.05) is 19.1 Å². The summed E-state index contributed by atoms with van der Waals surface area (Å²) >= 11 is 0. The van der Waals surface area contributed by atoms with E-state index in [0.29, 0.717) is 11.8 Å². The molecular formula is C11H18O. The van der Waals surface area contributed by atoms with Crippen LogP contribution in [-0.4, -0.2) is 10.7 Å². The van der Waals surface area contributed by atoms with Crippen molar-refractivity contribution in [1.82, 2.24) is 0 Å². The Balaban J connectivity index is 2.12. The molecule has 68 valence electrons. The van der Waals surface area contributed by atoms with Gasteiger partial charge in [-0.3, -0.25) is 0 Å². The lowest BCUT2D eigenvalue weighted by atomic mass is 9.78. The van der Waals surface area contributed by atoms with Crippen molar-refractivity contribution < 1.29 is 5.11 Å². The number of fused-ring (bicyclic) bond motifs is 2. The first kappa shape index (κ1) is 8.31. The van der Waals surface area contributed by atoms with Crippen LogP contribution in [0.25, 0.3) is 0 Å². The van der Waals surface area contributed by atoms with Crippen LogP contribution >= 0.6 is 0 Å². The van der Waals surface area contributed by atoms with Gasteiger partial charge in [0.2, 0.25) is 0 Å². The van der Waals surface area contributed by atoms with Gasteiger partial charge in [-0.25, -0.2) is 0 Å². The van der Waals surface area contributed by atoms with Crippen molar-refractivity contribution in [1.29, 1.82) is 0 Å². The minimum atomic E-state index is -0.426. The maximum atomic E-state index is 10.1. The van der Waals surface area contributed by atoms with E-state index in [4.69, 9.17) is 0 Å². The van der Waals surface area contributed by atoms with Crippen LogP contribution in [0.1, 0.15) is 33.1 Å². The maximum Gasteiger partial charge on any atom is 0.0651 e. The van der Waals surface area contributed by atoms with Crippen LogP contribution in [0.5, 0.6) is 0 Å². The fraction of sp³-hybridized carbons (Fsp3) is 0.818. The standard InChI is InChI=1S/C11H18O/c1-3-11(2,12)10-7-8-4-5-9(10)6-8/h4-5,8-10,12H,3,6-7H2,1-2H3. The SMILES string of the molecule is CCC(C)(O)C1CC2C=CC1C2. The lowest BCUT2D eigenvalue weighted by Gasteiger charge is -2.33. The Morgan fingerprint density at radius 3 is 2.58 bits per heavy atom. The van der Waals surface area contributed by atoms with Gasteiger partial charge < -0.3 is 5.11 Å². The summed E-state index contributed by atoms with van der Waals surface area (Å²) in [5, 5.41) is 10.1. The summed E-state index contributed by atoms with van der Waals surface area (Å²) < 4.78 is 0. The normalized spacial score (nSPS) is 43.4. The highest BCUT2D eigenvalue weighted by molar-refractivity contribution is 5.13. The van der Waals surface area contributed by atoms with Crippen molar-refractivity contribution in [3.05, 3.63) is 12.2 Å². The molecule has 0 aromatic heterocycles. The summed E-state index contributed by atoms with van der Waals surface area (Å²) in [5.41, 5.74) is -0.426. The molecule has 0 amide bonds. The molecule has 4 atom stereocenters. The average molecular weight is 166 g/mol. The summed E-state index contributed by atoms with van der Waals surface area (Å²) in [4.78, 5) is 0. The zero-order valence-corrected chi connectivity index (χ0v) is 7.96. The largest absolute Gasteiger partial charge is 0.390 e. The van der Waals surface area contributed by atoms with E-state index in [-0.39, 0.29) is 0 Å². The van der Waals surface area contributed by atoms with Crippen LogP contribution < -0.4 is 0 Å². The molecule has 12 heavy (non-hydrogen) atoms. The van der Waals surface area contributed by atoms with Crippen LogP contribution in [0.15, 0.2) is 12.2 Å². The Bertz CT molecular complexity index is 205. The molecule has 2 aliphatic carbocycles. The Morgan fingerprint density at radius 1 is 1.42 bits per heavy atom. The summed E-state index contributed by atoms with van der Waals surface area (Å²) in [6, 6.07) is 0. The van der Waals surface area contributed by atoms with E-state index in [1.807, 2.05) is 6.92 Å². The zero-order valence-electron chi connectivity index (χ0n) is 7.96. The van der Waals surface area contributed by atoms with Crippen LogP contribution in [0, 0.1) is 17.8 Å². The molecule has 1 nitrogen and oxygen atoms in total. The van der Waals surface area contributed by atoms with Gasteiger partial charge >= 0.3 is 0 Å². The number of aliphatic hydroxyl groups is 1. The number of allylic oxidation sites excluding steroid dienone is 2. The first-order valence-electron chi connectivity index (χ1n) is 5.04. The zero-order chi connectivity index (χ0) is 8.77. The van der Waals surface area contributed by atoms with E-state index in [0.717, 1.165) is 12.3 Å². The van der Waals surface area contributed by atoms with Gasteiger partial charge in [0.05, 0.1) is 5.60 Å². The smallest absolute Gasteiger partial charge is 0.0651 e. The third-order valence-electron chi connectivity index (χ3n) is 3.79.